The van der Waals surface area contributed by atoms with Crippen LogP contribution in [-0.4, -0.2) is 12.6 Å². The second-order valence-electron chi connectivity index (χ2n) is 2.00. The number of allylic oxidation sites excluding steroid dienone is 2. The highest BCUT2D eigenvalue weighted by atomic mass is 14.9. The average molecular weight is 122 g/mol. The Morgan fingerprint density at radius 1 is 1.44 bits per heavy atom. The molecule has 9 heavy (non-hydrogen) atoms. The molecule has 0 spiro atoms. The summed E-state index contributed by atoms with van der Waals surface area (Å²) in [6.07, 6.45) is 7.68. The summed E-state index contributed by atoms with van der Waals surface area (Å²) in [6, 6.07) is 0. The molecule has 0 aromatic heterocycles. The predicted molar refractivity (Wildman–Crippen MR) is 40.0 cm³/mol. The number of hydrogen-bond acceptors (Lipinski definition) is 2. The molecule has 48 valence electrons. The van der Waals surface area contributed by atoms with Gasteiger partial charge in [-0.2, -0.15) is 0 Å². The lowest BCUT2D eigenvalue weighted by molar-refractivity contribution is 1.07. The Kier molecular flexibility index (Phi) is 2.19. The van der Waals surface area contributed by atoms with Crippen LogP contribution in [0.25, 0.3) is 0 Å². The van der Waals surface area contributed by atoms with Gasteiger partial charge < -0.3 is 0 Å². The van der Waals surface area contributed by atoms with Crippen LogP contribution in [0.2, 0.25) is 0 Å². The highest BCUT2D eigenvalue weighted by Crippen LogP contribution is 1.99. The fraction of sp³-hybridized carbons (Fsp3) is 0.429. The van der Waals surface area contributed by atoms with Gasteiger partial charge in [-0.15, -0.1) is 0 Å². The molecule has 0 fully saturated rings. The minimum absolute atomic E-state index is 1.03. The van der Waals surface area contributed by atoms with E-state index in [0.29, 0.717) is 0 Å². The van der Waals surface area contributed by atoms with E-state index in [1.807, 2.05) is 13.1 Å². The van der Waals surface area contributed by atoms with Crippen molar-refractivity contribution in [2.75, 3.05) is 0 Å². The van der Waals surface area contributed by atoms with Gasteiger partial charge in [-0.1, -0.05) is 6.08 Å². The van der Waals surface area contributed by atoms with Gasteiger partial charge in [0.25, 0.3) is 0 Å². The zero-order chi connectivity index (χ0) is 6.53. The summed E-state index contributed by atoms with van der Waals surface area (Å²) >= 11 is 0. The van der Waals surface area contributed by atoms with E-state index >= 15 is 0 Å². The topological polar surface area (TPSA) is 24.7 Å². The molecule has 0 amide bonds. The van der Waals surface area contributed by atoms with E-state index in [1.54, 1.807) is 6.34 Å². The quantitative estimate of drug-likeness (QED) is 0.468. The minimum Gasteiger partial charge on any atom is -0.249 e. The molecule has 0 bridgehead atoms. The maximum Gasteiger partial charge on any atom is 0.115 e. The van der Waals surface area contributed by atoms with Crippen molar-refractivity contribution < 1.29 is 0 Å². The molecule has 1 aliphatic rings. The molecule has 2 nitrogen and oxygen atoms in total. The summed E-state index contributed by atoms with van der Waals surface area (Å²) < 4.78 is 0. The lowest BCUT2D eigenvalue weighted by Crippen LogP contribution is -1.81. The van der Waals surface area contributed by atoms with E-state index in [9.17, 15) is 0 Å². The molecular formula is C7H10N2. The summed E-state index contributed by atoms with van der Waals surface area (Å²) in [6.45, 7) is 1.98. The van der Waals surface area contributed by atoms with Crippen molar-refractivity contribution in [2.24, 2.45) is 9.98 Å². The number of hydrogen-bond donors (Lipinski definition) is 0. The van der Waals surface area contributed by atoms with Crippen LogP contribution in [0.3, 0.4) is 0 Å². The van der Waals surface area contributed by atoms with Crippen molar-refractivity contribution in [3.63, 3.8) is 0 Å². The van der Waals surface area contributed by atoms with Crippen LogP contribution < -0.4 is 0 Å². The molecule has 0 radical (unpaired) electrons. The second kappa shape index (κ2) is 3.17. The summed E-state index contributed by atoms with van der Waals surface area (Å²) in [5.74, 6) is 0. The molecule has 2 heteroatoms. The monoisotopic (exact) mass is 122 g/mol. The van der Waals surface area contributed by atoms with Gasteiger partial charge in [-0.25, -0.2) is 9.98 Å². The van der Waals surface area contributed by atoms with E-state index < -0.39 is 0 Å². The first-order chi connectivity index (χ1) is 4.39. The highest BCUT2D eigenvalue weighted by molar-refractivity contribution is 5.73. The van der Waals surface area contributed by atoms with Crippen LogP contribution in [-0.2, 0) is 0 Å². The first-order valence-electron chi connectivity index (χ1n) is 3.10. The third-order valence-corrected chi connectivity index (χ3v) is 1.17. The van der Waals surface area contributed by atoms with Crippen LogP contribution in [0.15, 0.2) is 21.8 Å². The third-order valence-electron chi connectivity index (χ3n) is 1.17. The number of nitrogens with zero attached hydrogens (tertiary/aromatic N) is 2. The minimum atomic E-state index is 1.03. The maximum absolute atomic E-state index is 4.02. The Morgan fingerprint density at radius 3 is 3.22 bits per heavy atom. The standard InChI is InChI=1S/C7H10N2/c1-7-4-2-3-5-8-6-9-7/h4-6H,2-3H2,1H3. The van der Waals surface area contributed by atoms with Gasteiger partial charge in [0.15, 0.2) is 0 Å². The molecule has 1 rings (SSSR count). The van der Waals surface area contributed by atoms with E-state index in [1.165, 1.54) is 0 Å². The SMILES string of the molecule is CC1=CCCC=NC=N1. The number of rotatable bonds is 0. The van der Waals surface area contributed by atoms with E-state index in [2.05, 4.69) is 16.1 Å². The molecule has 0 aliphatic carbocycles. The molecule has 0 aromatic carbocycles. The lowest BCUT2D eigenvalue weighted by Gasteiger charge is -1.92. The average Bonchev–Trinajstić information content (AvgIpc) is 1.79. The molecule has 0 unspecified atom stereocenters. The molecule has 0 saturated heterocycles. The summed E-state index contributed by atoms with van der Waals surface area (Å²) in [5.41, 5.74) is 1.06. The normalized spacial score (nSPS) is 18.6. The van der Waals surface area contributed by atoms with Gasteiger partial charge in [-0.05, 0) is 19.8 Å². The Labute approximate surface area is 55.0 Å². The first-order valence-corrected chi connectivity index (χ1v) is 3.10. The van der Waals surface area contributed by atoms with Gasteiger partial charge in [0.1, 0.15) is 6.34 Å². The second-order valence-corrected chi connectivity index (χ2v) is 2.00. The van der Waals surface area contributed by atoms with Crippen molar-refractivity contribution in [3.05, 3.63) is 11.8 Å². The summed E-state index contributed by atoms with van der Waals surface area (Å²) in [5, 5.41) is 0. The third kappa shape index (κ3) is 2.22. The van der Waals surface area contributed by atoms with Gasteiger partial charge in [-0.3, -0.25) is 0 Å². The largest absolute Gasteiger partial charge is 0.249 e. The molecule has 0 saturated carbocycles. The van der Waals surface area contributed by atoms with Gasteiger partial charge >= 0.3 is 0 Å². The van der Waals surface area contributed by atoms with Crippen molar-refractivity contribution in [2.45, 2.75) is 19.8 Å². The molecule has 0 aromatic rings. The van der Waals surface area contributed by atoms with Crippen LogP contribution in [0.5, 0.6) is 0 Å². The zero-order valence-electron chi connectivity index (χ0n) is 5.54. The van der Waals surface area contributed by atoms with E-state index in [4.69, 9.17) is 0 Å². The summed E-state index contributed by atoms with van der Waals surface area (Å²) in [4.78, 5) is 7.95. The van der Waals surface area contributed by atoms with Crippen molar-refractivity contribution in [1.29, 1.82) is 0 Å². The Balaban J connectivity index is 2.64. The van der Waals surface area contributed by atoms with Crippen molar-refractivity contribution in [3.8, 4) is 0 Å². The molecule has 1 aliphatic heterocycles. The fourth-order valence-electron chi connectivity index (χ4n) is 0.666. The molecule has 1 heterocycles. The highest BCUT2D eigenvalue weighted by Gasteiger charge is 1.84. The van der Waals surface area contributed by atoms with Crippen LogP contribution in [0, 0.1) is 0 Å². The number of aliphatic imine (C=N–C) groups is 2. The van der Waals surface area contributed by atoms with Crippen LogP contribution >= 0.6 is 0 Å². The van der Waals surface area contributed by atoms with Crippen LogP contribution in [0.4, 0.5) is 0 Å². The van der Waals surface area contributed by atoms with Crippen molar-refractivity contribution >= 4 is 12.6 Å². The Hall–Kier alpha value is -0.920. The first kappa shape index (κ1) is 6.20. The molecule has 0 N–H and O–H groups in total. The molecule has 0 atom stereocenters. The smallest absolute Gasteiger partial charge is 0.115 e. The van der Waals surface area contributed by atoms with Crippen LogP contribution in [0.1, 0.15) is 19.8 Å². The van der Waals surface area contributed by atoms with Crippen molar-refractivity contribution in [1.82, 2.24) is 0 Å². The van der Waals surface area contributed by atoms with E-state index in [0.717, 1.165) is 18.5 Å². The van der Waals surface area contributed by atoms with E-state index in [-0.39, 0.29) is 0 Å². The maximum atomic E-state index is 4.02. The predicted octanol–water partition coefficient (Wildman–Crippen LogP) is 1.78. The Morgan fingerprint density at radius 2 is 2.33 bits per heavy atom. The van der Waals surface area contributed by atoms with Gasteiger partial charge in [0, 0.05) is 11.9 Å². The Bertz CT molecular complexity index is 166. The fourth-order valence-corrected chi connectivity index (χ4v) is 0.666. The van der Waals surface area contributed by atoms with Gasteiger partial charge in [0.05, 0.1) is 0 Å². The summed E-state index contributed by atoms with van der Waals surface area (Å²) in [7, 11) is 0. The zero-order valence-corrected chi connectivity index (χ0v) is 5.54. The van der Waals surface area contributed by atoms with Gasteiger partial charge in [0.2, 0.25) is 0 Å². The lowest BCUT2D eigenvalue weighted by atomic mass is 10.3. The molecular weight excluding hydrogens is 112 g/mol.